The van der Waals surface area contributed by atoms with Crippen LogP contribution in [0.5, 0.6) is 0 Å². The van der Waals surface area contributed by atoms with Crippen LogP contribution in [0.4, 0.5) is 11.4 Å². The number of benzene rings is 2. The van der Waals surface area contributed by atoms with E-state index in [2.05, 4.69) is 10.6 Å². The number of carbonyl (C=O) groups excluding carboxylic acids is 2. The molecular weight excluding hydrogens is 364 g/mol. The Morgan fingerprint density at radius 3 is 2.77 bits per heavy atom. The first-order valence-electron chi connectivity index (χ1n) is 8.17. The second-order valence-corrected chi connectivity index (χ2v) is 8.27. The minimum absolute atomic E-state index is 0.0388. The van der Waals surface area contributed by atoms with Gasteiger partial charge >= 0.3 is 0 Å². The van der Waals surface area contributed by atoms with Crippen LogP contribution in [0.3, 0.4) is 0 Å². The van der Waals surface area contributed by atoms with Gasteiger partial charge < -0.3 is 10.6 Å². The fourth-order valence-corrected chi connectivity index (χ4v) is 4.48. The number of thioether (sulfide) groups is 1. The van der Waals surface area contributed by atoms with Gasteiger partial charge in [0.2, 0.25) is 5.91 Å². The summed E-state index contributed by atoms with van der Waals surface area (Å²) in [4.78, 5) is 26.7. The van der Waals surface area contributed by atoms with Crippen LogP contribution in [0.15, 0.2) is 64.9 Å². The van der Waals surface area contributed by atoms with E-state index in [0.717, 1.165) is 21.0 Å². The van der Waals surface area contributed by atoms with Crippen LogP contribution in [0.25, 0.3) is 10.4 Å². The summed E-state index contributed by atoms with van der Waals surface area (Å²) >= 11 is 3.13. The Hall–Kier alpha value is -2.57. The van der Waals surface area contributed by atoms with Gasteiger partial charge in [-0.1, -0.05) is 24.3 Å². The highest BCUT2D eigenvalue weighted by atomic mass is 32.2. The van der Waals surface area contributed by atoms with Crippen molar-refractivity contribution in [1.82, 2.24) is 0 Å². The van der Waals surface area contributed by atoms with Crippen molar-refractivity contribution in [2.75, 3.05) is 10.6 Å². The highest BCUT2D eigenvalue weighted by molar-refractivity contribution is 8.00. The molecule has 0 saturated carbocycles. The van der Waals surface area contributed by atoms with Crippen molar-refractivity contribution in [3.8, 4) is 10.4 Å². The van der Waals surface area contributed by atoms with E-state index in [0.29, 0.717) is 11.3 Å². The number of carbonyl (C=O) groups is 2. The van der Waals surface area contributed by atoms with Crippen LogP contribution in [0, 0.1) is 0 Å². The zero-order valence-electron chi connectivity index (χ0n) is 14.0. The lowest BCUT2D eigenvalue weighted by atomic mass is 10.1. The first kappa shape index (κ1) is 16.9. The quantitative estimate of drug-likeness (QED) is 0.665. The number of hydrogen-bond acceptors (Lipinski definition) is 4. The molecule has 1 aliphatic heterocycles. The fraction of sp³-hybridized carbons (Fsp3) is 0.100. The van der Waals surface area contributed by atoms with E-state index in [-0.39, 0.29) is 17.1 Å². The molecule has 0 aliphatic carbocycles. The summed E-state index contributed by atoms with van der Waals surface area (Å²) in [6.07, 6.45) is 0. The Bertz CT molecular complexity index is 983. The largest absolute Gasteiger partial charge is 0.324 e. The number of amides is 2. The van der Waals surface area contributed by atoms with Crippen molar-refractivity contribution in [1.29, 1.82) is 0 Å². The molecule has 4 rings (SSSR count). The van der Waals surface area contributed by atoms with E-state index in [1.165, 1.54) is 11.8 Å². The summed E-state index contributed by atoms with van der Waals surface area (Å²) < 4.78 is 0. The molecule has 2 N–H and O–H groups in total. The second kappa shape index (κ2) is 6.97. The predicted molar refractivity (Wildman–Crippen MR) is 108 cm³/mol. The molecular formula is C20H16N2O2S2. The molecule has 1 aromatic heterocycles. The van der Waals surface area contributed by atoms with E-state index in [9.17, 15) is 9.59 Å². The molecule has 1 atom stereocenters. The molecule has 0 saturated heterocycles. The van der Waals surface area contributed by atoms with Crippen LogP contribution >= 0.6 is 23.1 Å². The lowest BCUT2D eigenvalue weighted by Gasteiger charge is -2.21. The molecule has 0 radical (unpaired) electrons. The van der Waals surface area contributed by atoms with Gasteiger partial charge in [0.05, 0.1) is 10.9 Å². The van der Waals surface area contributed by atoms with Crippen LogP contribution in [-0.2, 0) is 4.79 Å². The maximum atomic E-state index is 12.7. The summed E-state index contributed by atoms with van der Waals surface area (Å²) in [5.41, 5.74) is 2.97. The zero-order chi connectivity index (χ0) is 18.1. The highest BCUT2D eigenvalue weighted by Crippen LogP contribution is 2.36. The van der Waals surface area contributed by atoms with Crippen LogP contribution in [0.1, 0.15) is 17.3 Å². The highest BCUT2D eigenvalue weighted by Gasteiger charge is 2.24. The fourth-order valence-electron chi connectivity index (χ4n) is 2.78. The van der Waals surface area contributed by atoms with Crippen LogP contribution < -0.4 is 10.6 Å². The smallest absolute Gasteiger partial charge is 0.255 e. The van der Waals surface area contributed by atoms with Gasteiger partial charge in [0.1, 0.15) is 0 Å². The maximum Gasteiger partial charge on any atom is 0.255 e. The van der Waals surface area contributed by atoms with Gasteiger partial charge in [0.25, 0.3) is 5.91 Å². The summed E-state index contributed by atoms with van der Waals surface area (Å²) in [5.74, 6) is -0.238. The van der Waals surface area contributed by atoms with E-state index in [4.69, 9.17) is 0 Å². The van der Waals surface area contributed by atoms with Crippen molar-refractivity contribution < 1.29 is 9.59 Å². The molecule has 1 aliphatic rings. The van der Waals surface area contributed by atoms with Crippen molar-refractivity contribution in [3.63, 3.8) is 0 Å². The molecule has 2 heterocycles. The van der Waals surface area contributed by atoms with E-state index in [1.54, 1.807) is 23.5 Å². The Morgan fingerprint density at radius 1 is 1.12 bits per heavy atom. The lowest BCUT2D eigenvalue weighted by Crippen LogP contribution is -2.26. The van der Waals surface area contributed by atoms with Gasteiger partial charge in [-0.25, -0.2) is 0 Å². The Kier molecular flexibility index (Phi) is 4.53. The molecule has 1 unspecified atom stereocenters. The lowest BCUT2D eigenvalue weighted by molar-refractivity contribution is -0.115. The van der Waals surface area contributed by atoms with Crippen molar-refractivity contribution >= 4 is 46.3 Å². The molecule has 0 spiro atoms. The van der Waals surface area contributed by atoms with Gasteiger partial charge in [-0.3, -0.25) is 9.59 Å². The summed E-state index contributed by atoms with van der Waals surface area (Å²) in [5, 5.41) is 7.74. The normalized spacial score (nSPS) is 15.9. The SMILES string of the molecule is CC1Sc2ccc(C(=O)Nc3ccccc3-c3cccs3)cc2NC1=O. The number of fused-ring (bicyclic) bond motifs is 1. The van der Waals surface area contributed by atoms with Crippen LogP contribution in [-0.4, -0.2) is 17.1 Å². The first-order chi connectivity index (χ1) is 12.6. The molecule has 6 heteroatoms. The van der Waals surface area contributed by atoms with E-state index in [1.807, 2.05) is 54.8 Å². The van der Waals surface area contributed by atoms with E-state index >= 15 is 0 Å². The first-order valence-corrected chi connectivity index (χ1v) is 9.93. The zero-order valence-corrected chi connectivity index (χ0v) is 15.6. The molecule has 2 aromatic carbocycles. The molecule has 130 valence electrons. The number of rotatable bonds is 3. The van der Waals surface area contributed by atoms with Gasteiger partial charge in [-0.2, -0.15) is 0 Å². The number of nitrogens with one attached hydrogen (secondary N) is 2. The minimum Gasteiger partial charge on any atom is -0.324 e. The maximum absolute atomic E-state index is 12.7. The van der Waals surface area contributed by atoms with Gasteiger partial charge in [0.15, 0.2) is 0 Å². The number of hydrogen-bond donors (Lipinski definition) is 2. The predicted octanol–water partition coefficient (Wildman–Crippen LogP) is 5.10. The average molecular weight is 380 g/mol. The van der Waals surface area contributed by atoms with Crippen molar-refractivity contribution in [2.24, 2.45) is 0 Å². The average Bonchev–Trinajstić information content (AvgIpc) is 3.17. The molecule has 3 aromatic rings. The van der Waals surface area contributed by atoms with Crippen molar-refractivity contribution in [3.05, 3.63) is 65.5 Å². The third-order valence-electron chi connectivity index (χ3n) is 4.13. The number of anilines is 2. The standard InChI is InChI=1S/C20H16N2O2S2/c1-12-19(23)22-16-11-13(8-9-18(16)26-12)20(24)21-15-6-3-2-5-14(15)17-7-4-10-25-17/h2-12H,1H3,(H,21,24)(H,22,23). The van der Waals surface area contributed by atoms with Crippen LogP contribution in [0.2, 0.25) is 0 Å². The van der Waals surface area contributed by atoms with Gasteiger partial charge in [0, 0.05) is 26.6 Å². The molecule has 4 nitrogen and oxygen atoms in total. The summed E-state index contributed by atoms with van der Waals surface area (Å²) in [6.45, 7) is 1.87. The third-order valence-corrected chi connectivity index (χ3v) is 6.22. The molecule has 26 heavy (non-hydrogen) atoms. The summed E-state index contributed by atoms with van der Waals surface area (Å²) in [6, 6.07) is 17.2. The Labute approximate surface area is 159 Å². The monoisotopic (exact) mass is 380 g/mol. The molecule has 2 amide bonds. The van der Waals surface area contributed by atoms with Gasteiger partial charge in [-0.15, -0.1) is 23.1 Å². The third kappa shape index (κ3) is 3.25. The van der Waals surface area contributed by atoms with Crippen molar-refractivity contribution in [2.45, 2.75) is 17.1 Å². The number of thiophene rings is 1. The molecule has 0 bridgehead atoms. The Morgan fingerprint density at radius 2 is 1.96 bits per heavy atom. The topological polar surface area (TPSA) is 58.2 Å². The number of para-hydroxylation sites is 1. The van der Waals surface area contributed by atoms with Gasteiger partial charge in [-0.05, 0) is 42.6 Å². The summed E-state index contributed by atoms with van der Waals surface area (Å²) in [7, 11) is 0. The Balaban J connectivity index is 1.61. The molecule has 0 fully saturated rings. The van der Waals surface area contributed by atoms with E-state index < -0.39 is 0 Å². The minimum atomic E-state index is -0.199. The second-order valence-electron chi connectivity index (χ2n) is 5.94.